The third-order valence-corrected chi connectivity index (χ3v) is 15.8. The molecule has 382 valence electrons. The zero-order valence-corrected chi connectivity index (χ0v) is 42.3. The Hall–Kier alpha value is -3.67. The van der Waals surface area contributed by atoms with Crippen LogP contribution in [-0.2, 0) is 61.5 Å². The summed E-state index contributed by atoms with van der Waals surface area (Å²) in [6, 6.07) is 0. The molecule has 1 atom stereocenters. The Morgan fingerprint density at radius 2 is 0.851 bits per heavy atom. The number of carbonyl (C=O) groups is 5. The monoisotopic (exact) mass is 986 g/mol. The van der Waals surface area contributed by atoms with E-state index in [9.17, 15) is 28.5 Å². The van der Waals surface area contributed by atoms with E-state index in [2.05, 4.69) is 44.3 Å². The molecule has 0 fully saturated rings. The molecule has 18 nitrogen and oxygen atoms in total. The molecular formula is C47H80N5O13PS. The summed E-state index contributed by atoms with van der Waals surface area (Å²) >= 11 is 1.28. The molecule has 5 N–H and O–H groups in total. The minimum atomic E-state index is -2.79. The van der Waals surface area contributed by atoms with Gasteiger partial charge in [0.1, 0.15) is 19.8 Å². The maximum Gasteiger partial charge on any atom is 0.262 e. The second-order valence-electron chi connectivity index (χ2n) is 16.3. The van der Waals surface area contributed by atoms with E-state index in [-0.39, 0.29) is 147 Å². The Morgan fingerprint density at radius 1 is 0.478 bits per heavy atom. The molecule has 0 radical (unpaired) electrons. The molecule has 0 saturated carbocycles. The molecule has 67 heavy (non-hydrogen) atoms. The fourth-order valence-electron chi connectivity index (χ4n) is 6.10. The summed E-state index contributed by atoms with van der Waals surface area (Å²) in [7, 11) is 0. The zero-order valence-electron chi connectivity index (χ0n) is 40.6. The second-order valence-corrected chi connectivity index (χ2v) is 21.8. The van der Waals surface area contributed by atoms with Crippen LogP contribution < -0.4 is 26.6 Å². The molecule has 0 aromatic rings. The SMILES string of the molecule is C#CCOCCOCCNC(=O)CCC(CCC(=O)NCCOCCOCC#C)(CCC(=O)NCCOCCOCC#C)NC(=O)CCCC(=O)NCCCCCCOP(=O)(SC)C(C)(C)C. The number of hydrogen-bond acceptors (Lipinski definition) is 14. The summed E-state index contributed by atoms with van der Waals surface area (Å²) < 4.78 is 50.8. The Kier molecular flexibility index (Phi) is 39.1. The summed E-state index contributed by atoms with van der Waals surface area (Å²) in [5.41, 5.74) is -1.14. The lowest BCUT2D eigenvalue weighted by atomic mass is 9.82. The highest BCUT2D eigenvalue weighted by molar-refractivity contribution is 8.56. The number of nitrogens with one attached hydrogen (secondary N) is 5. The van der Waals surface area contributed by atoms with Crippen molar-refractivity contribution >= 4 is 47.5 Å². The Bertz CT molecular complexity index is 1450. The van der Waals surface area contributed by atoms with Gasteiger partial charge in [0, 0.05) is 69.0 Å². The lowest BCUT2D eigenvalue weighted by Crippen LogP contribution is -2.50. The molecule has 5 amide bonds. The largest absolute Gasteiger partial charge is 0.377 e. The van der Waals surface area contributed by atoms with Gasteiger partial charge in [-0.2, -0.15) is 0 Å². The lowest BCUT2D eigenvalue weighted by molar-refractivity contribution is -0.128. The average Bonchev–Trinajstić information content (AvgIpc) is 3.29. The van der Waals surface area contributed by atoms with Gasteiger partial charge in [0.25, 0.3) is 6.57 Å². The van der Waals surface area contributed by atoms with E-state index in [4.69, 9.17) is 52.2 Å². The van der Waals surface area contributed by atoms with Gasteiger partial charge >= 0.3 is 0 Å². The number of terminal acetylenes is 3. The van der Waals surface area contributed by atoms with E-state index in [1.165, 1.54) is 11.4 Å². The standard InChI is InChI=1S/C47H80N5O13PS/c1-8-28-59-35-38-62-32-25-49-42(54)18-21-47(22-19-43(55)50-26-33-63-39-36-60-29-9-2,23-20-44(56)51-27-34-64-40-37-61-30-10-3)52-45(57)17-15-16-41(53)48-24-13-11-12-14-31-65-66(58,67-7)46(4,5)6/h1-3H,11-40H2,4-7H3,(H,48,53)(H,49,54)(H,50,55)(H,51,56)(H,52,57). The van der Waals surface area contributed by atoms with Crippen LogP contribution in [0.3, 0.4) is 0 Å². The molecule has 0 rings (SSSR count). The van der Waals surface area contributed by atoms with Crippen molar-refractivity contribution in [2.24, 2.45) is 0 Å². The first-order chi connectivity index (χ1) is 32.2. The predicted octanol–water partition coefficient (Wildman–Crippen LogP) is 3.75. The van der Waals surface area contributed by atoms with E-state index < -0.39 is 17.3 Å². The number of amides is 5. The molecule has 1 unspecified atom stereocenters. The van der Waals surface area contributed by atoms with E-state index in [1.807, 2.05) is 20.8 Å². The number of carbonyl (C=O) groups excluding carboxylic acids is 5. The van der Waals surface area contributed by atoms with Crippen molar-refractivity contribution < 1.29 is 61.5 Å². The molecule has 0 aliphatic rings. The molecule has 20 heteroatoms. The number of unbranched alkanes of at least 4 members (excludes halogenated alkanes) is 3. The summed E-state index contributed by atoms with van der Waals surface area (Å²) in [6.45, 7) is 7.65. The van der Waals surface area contributed by atoms with E-state index in [0.717, 1.165) is 25.7 Å². The van der Waals surface area contributed by atoms with E-state index >= 15 is 0 Å². The van der Waals surface area contributed by atoms with Crippen LogP contribution in [-0.4, -0.2) is 159 Å². The zero-order chi connectivity index (χ0) is 49.9. The van der Waals surface area contributed by atoms with Gasteiger partial charge in [-0.15, -0.1) is 19.3 Å². The highest BCUT2D eigenvalue weighted by Crippen LogP contribution is 2.67. The van der Waals surface area contributed by atoms with Crippen LogP contribution in [0.4, 0.5) is 0 Å². The van der Waals surface area contributed by atoms with Crippen molar-refractivity contribution in [3.05, 3.63) is 0 Å². The highest BCUT2D eigenvalue weighted by Gasteiger charge is 2.37. The van der Waals surface area contributed by atoms with Crippen molar-refractivity contribution in [2.75, 3.05) is 118 Å². The third kappa shape index (κ3) is 36.0. The van der Waals surface area contributed by atoms with Crippen molar-refractivity contribution in [2.45, 2.75) is 115 Å². The van der Waals surface area contributed by atoms with Gasteiger partial charge in [-0.3, -0.25) is 28.5 Å². The quantitative estimate of drug-likeness (QED) is 0.0333. The number of hydrogen-bond donors (Lipinski definition) is 5. The summed E-state index contributed by atoms with van der Waals surface area (Å²) in [5.74, 6) is 5.63. The molecule has 0 aromatic carbocycles. The van der Waals surface area contributed by atoms with Crippen molar-refractivity contribution in [3.63, 3.8) is 0 Å². The van der Waals surface area contributed by atoms with Crippen LogP contribution in [0.25, 0.3) is 0 Å². The van der Waals surface area contributed by atoms with E-state index in [1.54, 1.807) is 6.26 Å². The van der Waals surface area contributed by atoms with Crippen LogP contribution >= 0.6 is 18.0 Å². The van der Waals surface area contributed by atoms with Crippen LogP contribution in [0.1, 0.15) is 104 Å². The summed E-state index contributed by atoms with van der Waals surface area (Å²) in [5, 5.41) is 14.0. The first-order valence-electron chi connectivity index (χ1n) is 23.1. The molecule has 0 aromatic heterocycles. The van der Waals surface area contributed by atoms with Gasteiger partial charge in [0.05, 0.1) is 66.1 Å². The minimum Gasteiger partial charge on any atom is -0.377 e. The van der Waals surface area contributed by atoms with Gasteiger partial charge in [-0.25, -0.2) is 0 Å². The fraction of sp³-hybridized carbons (Fsp3) is 0.766. The van der Waals surface area contributed by atoms with Crippen molar-refractivity contribution in [1.82, 2.24) is 26.6 Å². The van der Waals surface area contributed by atoms with Crippen LogP contribution in [0.15, 0.2) is 0 Å². The van der Waals surface area contributed by atoms with Crippen LogP contribution in [0, 0.1) is 37.0 Å². The molecule has 0 aliphatic heterocycles. The maximum absolute atomic E-state index is 13.6. The Labute approximate surface area is 404 Å². The van der Waals surface area contributed by atoms with Gasteiger partial charge in [-0.1, -0.05) is 62.8 Å². The van der Waals surface area contributed by atoms with Gasteiger partial charge < -0.3 is 59.5 Å². The third-order valence-electron chi connectivity index (χ3n) is 9.80. The van der Waals surface area contributed by atoms with E-state index in [0.29, 0.717) is 52.8 Å². The van der Waals surface area contributed by atoms with Crippen molar-refractivity contribution in [1.29, 1.82) is 0 Å². The Morgan fingerprint density at radius 3 is 1.25 bits per heavy atom. The number of ether oxygens (including phenoxy) is 6. The average molecular weight is 986 g/mol. The van der Waals surface area contributed by atoms with Crippen molar-refractivity contribution in [3.8, 4) is 37.0 Å². The highest BCUT2D eigenvalue weighted by atomic mass is 32.7. The minimum absolute atomic E-state index is 0.00140. The molecule has 0 spiro atoms. The summed E-state index contributed by atoms with van der Waals surface area (Å²) in [6.07, 6.45) is 21.3. The fourth-order valence-corrected chi connectivity index (χ4v) is 9.69. The molecular weight excluding hydrogens is 906 g/mol. The second kappa shape index (κ2) is 41.3. The molecule has 0 bridgehead atoms. The van der Waals surface area contributed by atoms with Gasteiger partial charge in [-0.05, 0) is 44.8 Å². The normalized spacial score (nSPS) is 12.2. The lowest BCUT2D eigenvalue weighted by Gasteiger charge is -2.35. The molecule has 0 aliphatic carbocycles. The van der Waals surface area contributed by atoms with Crippen LogP contribution in [0.2, 0.25) is 0 Å². The number of rotatable bonds is 44. The smallest absolute Gasteiger partial charge is 0.262 e. The topological polar surface area (TPSA) is 227 Å². The van der Waals surface area contributed by atoms with Gasteiger partial charge in [0.2, 0.25) is 29.5 Å². The summed E-state index contributed by atoms with van der Waals surface area (Å²) in [4.78, 5) is 65.6. The first kappa shape index (κ1) is 63.3. The maximum atomic E-state index is 13.6. The Balaban J connectivity index is 5.55. The first-order valence-corrected chi connectivity index (χ1v) is 26.6. The molecule has 0 saturated heterocycles. The molecule has 0 heterocycles. The predicted molar refractivity (Wildman–Crippen MR) is 261 cm³/mol. The van der Waals surface area contributed by atoms with Crippen LogP contribution in [0.5, 0.6) is 0 Å². The van der Waals surface area contributed by atoms with Gasteiger partial charge in [0.15, 0.2) is 0 Å².